The minimum Gasteiger partial charge on any atom is -0.349 e. The van der Waals surface area contributed by atoms with Crippen molar-refractivity contribution in [2.75, 3.05) is 13.1 Å². The van der Waals surface area contributed by atoms with Crippen LogP contribution in [0.1, 0.15) is 23.2 Å². The molecule has 3 N–H and O–H groups in total. The van der Waals surface area contributed by atoms with Gasteiger partial charge in [-0.3, -0.25) is 4.79 Å². The number of amides is 1. The third-order valence-electron chi connectivity index (χ3n) is 4.18. The summed E-state index contributed by atoms with van der Waals surface area (Å²) in [6, 6.07) is 11.1. The average Bonchev–Trinajstić information content (AvgIpc) is 3.09. The minimum absolute atomic E-state index is 0.0618. The van der Waals surface area contributed by atoms with Crippen molar-refractivity contribution >= 4 is 16.1 Å². The maximum Gasteiger partial charge on any atom is 0.276 e. The molecule has 2 heterocycles. The molecule has 0 atom stereocenters. The first-order valence-corrected chi connectivity index (χ1v) is 9.26. The Bertz CT molecular complexity index is 810. The van der Waals surface area contributed by atoms with E-state index >= 15 is 0 Å². The number of rotatable bonds is 4. The van der Waals surface area contributed by atoms with Gasteiger partial charge < -0.3 is 9.88 Å². The average molecular weight is 348 g/mol. The van der Waals surface area contributed by atoms with Gasteiger partial charge in [0.2, 0.25) is 0 Å². The summed E-state index contributed by atoms with van der Waals surface area (Å²) in [5, 5.41) is 8.12. The fourth-order valence-electron chi connectivity index (χ4n) is 2.90. The van der Waals surface area contributed by atoms with Gasteiger partial charge in [-0.2, -0.15) is 12.7 Å². The summed E-state index contributed by atoms with van der Waals surface area (Å²) in [6.45, 7) is 0.645. The molecule has 0 saturated carbocycles. The van der Waals surface area contributed by atoms with Crippen LogP contribution >= 0.6 is 0 Å². The highest BCUT2D eigenvalue weighted by molar-refractivity contribution is 7.86. The van der Waals surface area contributed by atoms with Crippen LogP contribution < -0.4 is 10.5 Å². The molecule has 2 aromatic rings. The molecular weight excluding hydrogens is 328 g/mol. The quantitative estimate of drug-likeness (QED) is 0.858. The smallest absolute Gasteiger partial charge is 0.276 e. The SMILES string of the molecule is NS(=O)(=O)N1CCC(NC(=O)c2ccccc2-n2cccc2)CC1. The Morgan fingerprint density at radius 3 is 2.33 bits per heavy atom. The number of aromatic nitrogens is 1. The topological polar surface area (TPSA) is 97.4 Å². The lowest BCUT2D eigenvalue weighted by molar-refractivity contribution is 0.0924. The van der Waals surface area contributed by atoms with Crippen LogP contribution in [0.5, 0.6) is 0 Å². The molecule has 1 aromatic heterocycles. The zero-order valence-corrected chi connectivity index (χ0v) is 13.9. The van der Waals surface area contributed by atoms with Gasteiger partial charge in [-0.05, 0) is 37.1 Å². The molecule has 8 heteroatoms. The lowest BCUT2D eigenvalue weighted by Crippen LogP contribution is -2.48. The zero-order chi connectivity index (χ0) is 17.2. The van der Waals surface area contributed by atoms with Gasteiger partial charge in [0.05, 0.1) is 11.3 Å². The molecule has 24 heavy (non-hydrogen) atoms. The van der Waals surface area contributed by atoms with Gasteiger partial charge in [-0.25, -0.2) is 5.14 Å². The Morgan fingerprint density at radius 1 is 1.08 bits per heavy atom. The van der Waals surface area contributed by atoms with Crippen molar-refractivity contribution in [1.82, 2.24) is 14.2 Å². The van der Waals surface area contributed by atoms with E-state index in [0.717, 1.165) is 5.69 Å². The van der Waals surface area contributed by atoms with Gasteiger partial charge in [-0.1, -0.05) is 12.1 Å². The monoisotopic (exact) mass is 348 g/mol. The predicted molar refractivity (Wildman–Crippen MR) is 90.9 cm³/mol. The van der Waals surface area contributed by atoms with Crippen LogP contribution in [0.4, 0.5) is 0 Å². The molecule has 128 valence electrons. The molecule has 0 spiro atoms. The van der Waals surface area contributed by atoms with Crippen molar-refractivity contribution in [3.8, 4) is 5.69 Å². The molecule has 0 radical (unpaired) electrons. The highest BCUT2D eigenvalue weighted by Crippen LogP contribution is 2.17. The highest BCUT2D eigenvalue weighted by atomic mass is 32.2. The molecule has 1 amide bonds. The van der Waals surface area contributed by atoms with Crippen LogP contribution in [-0.4, -0.2) is 42.3 Å². The molecule has 1 aliphatic heterocycles. The van der Waals surface area contributed by atoms with Crippen LogP contribution in [0.3, 0.4) is 0 Å². The predicted octanol–water partition coefficient (Wildman–Crippen LogP) is 0.875. The maximum absolute atomic E-state index is 12.6. The van der Waals surface area contributed by atoms with Crippen molar-refractivity contribution in [1.29, 1.82) is 0 Å². The summed E-state index contributed by atoms with van der Waals surface area (Å²) in [5.41, 5.74) is 1.39. The number of carbonyl (C=O) groups excluding carboxylic acids is 1. The first-order valence-electron chi connectivity index (χ1n) is 7.76. The van der Waals surface area contributed by atoms with Gasteiger partial charge in [0.1, 0.15) is 0 Å². The molecule has 1 saturated heterocycles. The first kappa shape index (κ1) is 16.7. The molecule has 1 fully saturated rings. The van der Waals surface area contributed by atoms with E-state index in [1.807, 2.05) is 47.3 Å². The fraction of sp³-hybridized carbons (Fsp3) is 0.312. The Kier molecular flexibility index (Phi) is 4.70. The van der Waals surface area contributed by atoms with Crippen LogP contribution in [0.15, 0.2) is 48.8 Å². The molecule has 1 aromatic carbocycles. The van der Waals surface area contributed by atoms with Crippen LogP contribution in [0.2, 0.25) is 0 Å². The van der Waals surface area contributed by atoms with E-state index in [-0.39, 0.29) is 11.9 Å². The fourth-order valence-corrected chi connectivity index (χ4v) is 3.62. The van der Waals surface area contributed by atoms with Crippen molar-refractivity contribution in [3.63, 3.8) is 0 Å². The van der Waals surface area contributed by atoms with Crippen LogP contribution in [-0.2, 0) is 10.2 Å². The number of nitrogens with zero attached hydrogens (tertiary/aromatic N) is 2. The van der Waals surface area contributed by atoms with E-state index in [2.05, 4.69) is 5.32 Å². The van der Waals surface area contributed by atoms with E-state index < -0.39 is 10.2 Å². The third kappa shape index (κ3) is 3.66. The second-order valence-electron chi connectivity index (χ2n) is 5.80. The van der Waals surface area contributed by atoms with Crippen LogP contribution in [0, 0.1) is 0 Å². The van der Waals surface area contributed by atoms with E-state index in [4.69, 9.17) is 5.14 Å². The molecular formula is C16H20N4O3S. The Labute approximate surface area is 141 Å². The summed E-state index contributed by atoms with van der Waals surface area (Å²) >= 11 is 0. The largest absolute Gasteiger partial charge is 0.349 e. The van der Waals surface area contributed by atoms with Crippen molar-refractivity contribution in [3.05, 3.63) is 54.4 Å². The highest BCUT2D eigenvalue weighted by Gasteiger charge is 2.26. The lowest BCUT2D eigenvalue weighted by Gasteiger charge is -2.30. The molecule has 3 rings (SSSR count). The number of nitrogens with one attached hydrogen (secondary N) is 1. The number of piperidine rings is 1. The second kappa shape index (κ2) is 6.76. The summed E-state index contributed by atoms with van der Waals surface area (Å²) < 4.78 is 25.8. The minimum atomic E-state index is -3.65. The molecule has 0 bridgehead atoms. The van der Waals surface area contributed by atoms with Gasteiger partial charge in [0, 0.05) is 31.5 Å². The number of hydrogen-bond donors (Lipinski definition) is 2. The lowest BCUT2D eigenvalue weighted by atomic mass is 10.1. The first-order chi connectivity index (χ1) is 11.4. The number of hydrogen-bond acceptors (Lipinski definition) is 3. The summed E-state index contributed by atoms with van der Waals surface area (Å²) in [6.07, 6.45) is 4.87. The van der Waals surface area contributed by atoms with Crippen molar-refractivity contribution < 1.29 is 13.2 Å². The number of nitrogens with two attached hydrogens (primary N) is 1. The third-order valence-corrected chi connectivity index (χ3v) is 5.27. The van der Waals surface area contributed by atoms with Crippen LogP contribution in [0.25, 0.3) is 5.69 Å². The van der Waals surface area contributed by atoms with Gasteiger partial charge in [-0.15, -0.1) is 0 Å². The van der Waals surface area contributed by atoms with E-state index in [9.17, 15) is 13.2 Å². The molecule has 0 unspecified atom stereocenters. The van der Waals surface area contributed by atoms with E-state index in [1.165, 1.54) is 4.31 Å². The Morgan fingerprint density at radius 2 is 1.71 bits per heavy atom. The normalized spacial score (nSPS) is 16.9. The number of carbonyl (C=O) groups is 1. The van der Waals surface area contributed by atoms with Crippen molar-refractivity contribution in [2.45, 2.75) is 18.9 Å². The summed E-state index contributed by atoms with van der Waals surface area (Å²) in [7, 11) is -3.65. The zero-order valence-electron chi connectivity index (χ0n) is 13.1. The standard InChI is InChI=1S/C16H20N4O3S/c17-24(22,23)20-11-7-13(8-12-20)18-16(21)14-5-1-2-6-15(14)19-9-3-4-10-19/h1-6,9-10,13H,7-8,11-12H2,(H,18,21)(H2,17,22,23). The van der Waals surface area contributed by atoms with Crippen molar-refractivity contribution in [2.24, 2.45) is 5.14 Å². The maximum atomic E-state index is 12.6. The molecule has 0 aliphatic carbocycles. The second-order valence-corrected chi connectivity index (χ2v) is 7.35. The molecule has 7 nitrogen and oxygen atoms in total. The van der Waals surface area contributed by atoms with Gasteiger partial charge in [0.25, 0.3) is 16.1 Å². The number of para-hydroxylation sites is 1. The Balaban J connectivity index is 1.69. The Hall–Kier alpha value is -2.16. The van der Waals surface area contributed by atoms with Gasteiger partial charge >= 0.3 is 0 Å². The van der Waals surface area contributed by atoms with Gasteiger partial charge in [0.15, 0.2) is 0 Å². The summed E-state index contributed by atoms with van der Waals surface area (Å²) in [5.74, 6) is -0.159. The molecule has 1 aliphatic rings. The van der Waals surface area contributed by atoms with E-state index in [0.29, 0.717) is 31.5 Å². The summed E-state index contributed by atoms with van der Waals surface area (Å²) in [4.78, 5) is 12.6. The number of benzene rings is 1. The van der Waals surface area contributed by atoms with E-state index in [1.54, 1.807) is 6.07 Å².